The molecular formula is C11H19NO. The van der Waals surface area contributed by atoms with Crippen LogP contribution in [0.25, 0.3) is 0 Å². The van der Waals surface area contributed by atoms with Crippen molar-refractivity contribution in [3.63, 3.8) is 0 Å². The van der Waals surface area contributed by atoms with Crippen molar-refractivity contribution in [3.8, 4) is 0 Å². The minimum absolute atomic E-state index is 0.120. The summed E-state index contributed by atoms with van der Waals surface area (Å²) in [7, 11) is 0. The van der Waals surface area contributed by atoms with Gasteiger partial charge < -0.3 is 5.73 Å². The fourth-order valence-corrected chi connectivity index (χ4v) is 3.61. The van der Waals surface area contributed by atoms with Crippen molar-refractivity contribution in [2.24, 2.45) is 28.9 Å². The molecule has 0 heterocycles. The molecule has 74 valence electrons. The number of carbonyl (C=O) groups is 1. The van der Waals surface area contributed by atoms with E-state index >= 15 is 0 Å². The number of fused-ring (bicyclic) bond motifs is 2. The van der Waals surface area contributed by atoms with Crippen molar-refractivity contribution in [2.45, 2.75) is 39.5 Å². The lowest BCUT2D eigenvalue weighted by Gasteiger charge is -2.37. The minimum atomic E-state index is -0.120. The Hall–Kier alpha value is -0.530. The number of hydrogen-bond acceptors (Lipinski definition) is 1. The van der Waals surface area contributed by atoms with Gasteiger partial charge in [-0.05, 0) is 42.4 Å². The predicted octanol–water partition coefficient (Wildman–Crippen LogP) is 1.93. The molecule has 2 heteroatoms. The first-order valence-electron chi connectivity index (χ1n) is 5.30. The van der Waals surface area contributed by atoms with Gasteiger partial charge in [-0.25, -0.2) is 0 Å². The quantitative estimate of drug-likeness (QED) is 0.695. The lowest BCUT2D eigenvalue weighted by molar-refractivity contribution is -0.120. The van der Waals surface area contributed by atoms with E-state index in [4.69, 9.17) is 5.73 Å². The first-order chi connectivity index (χ1) is 6.01. The third-order valence-corrected chi connectivity index (χ3v) is 4.47. The van der Waals surface area contributed by atoms with E-state index in [9.17, 15) is 4.79 Å². The molecular weight excluding hydrogens is 162 g/mol. The van der Waals surface area contributed by atoms with Gasteiger partial charge in [0.05, 0.1) is 0 Å². The average Bonchev–Trinajstić information content (AvgIpc) is 2.53. The molecule has 3 atom stereocenters. The molecule has 2 fully saturated rings. The van der Waals surface area contributed by atoms with Gasteiger partial charge in [0, 0.05) is 6.42 Å². The van der Waals surface area contributed by atoms with Crippen LogP contribution >= 0.6 is 0 Å². The van der Waals surface area contributed by atoms with E-state index in [1.807, 2.05) is 0 Å². The predicted molar refractivity (Wildman–Crippen MR) is 51.9 cm³/mol. The van der Waals surface area contributed by atoms with Crippen molar-refractivity contribution in [3.05, 3.63) is 0 Å². The van der Waals surface area contributed by atoms with Crippen LogP contribution in [0.3, 0.4) is 0 Å². The zero-order valence-corrected chi connectivity index (χ0v) is 8.55. The largest absolute Gasteiger partial charge is 0.370 e. The van der Waals surface area contributed by atoms with Gasteiger partial charge in [0.2, 0.25) is 5.91 Å². The van der Waals surface area contributed by atoms with E-state index < -0.39 is 0 Å². The van der Waals surface area contributed by atoms with Crippen LogP contribution in [0.1, 0.15) is 39.5 Å². The Morgan fingerprint density at radius 2 is 2.15 bits per heavy atom. The summed E-state index contributed by atoms with van der Waals surface area (Å²) >= 11 is 0. The highest BCUT2D eigenvalue weighted by molar-refractivity contribution is 5.74. The van der Waals surface area contributed by atoms with Gasteiger partial charge in [-0.3, -0.25) is 4.79 Å². The molecule has 0 aliphatic heterocycles. The van der Waals surface area contributed by atoms with Crippen molar-refractivity contribution >= 4 is 5.91 Å². The Morgan fingerprint density at radius 1 is 1.46 bits per heavy atom. The van der Waals surface area contributed by atoms with Crippen LogP contribution in [0.4, 0.5) is 0 Å². The maximum Gasteiger partial charge on any atom is 0.217 e. The standard InChI is InChI=1S/C11H19NO/c1-11(2)8-4-3-7(5-8)9(11)6-10(12)13/h7-9H,3-6H2,1-2H3,(H2,12,13)/t7-,8-,9+/m1/s1. The molecule has 0 aromatic rings. The lowest BCUT2D eigenvalue weighted by Crippen LogP contribution is -2.33. The second-order valence-corrected chi connectivity index (χ2v) is 5.37. The molecule has 0 aromatic carbocycles. The second-order valence-electron chi connectivity index (χ2n) is 5.37. The van der Waals surface area contributed by atoms with E-state index in [-0.39, 0.29) is 5.91 Å². The van der Waals surface area contributed by atoms with E-state index in [1.165, 1.54) is 19.3 Å². The molecule has 2 bridgehead atoms. The Balaban J connectivity index is 2.14. The summed E-state index contributed by atoms with van der Waals surface area (Å²) in [6, 6.07) is 0. The Labute approximate surface area is 79.9 Å². The van der Waals surface area contributed by atoms with Crippen LogP contribution < -0.4 is 5.73 Å². The van der Waals surface area contributed by atoms with Crippen LogP contribution in [-0.4, -0.2) is 5.91 Å². The highest BCUT2D eigenvalue weighted by Gasteiger charge is 2.52. The van der Waals surface area contributed by atoms with Crippen LogP contribution in [-0.2, 0) is 4.79 Å². The zero-order chi connectivity index (χ0) is 9.64. The summed E-state index contributed by atoms with van der Waals surface area (Å²) in [4.78, 5) is 10.9. The summed E-state index contributed by atoms with van der Waals surface area (Å²) in [5.41, 5.74) is 5.65. The van der Waals surface area contributed by atoms with E-state index in [0.717, 1.165) is 11.8 Å². The van der Waals surface area contributed by atoms with Gasteiger partial charge in [0.1, 0.15) is 0 Å². The Bertz CT molecular complexity index is 234. The maximum absolute atomic E-state index is 10.9. The molecule has 2 N–H and O–H groups in total. The van der Waals surface area contributed by atoms with E-state index in [2.05, 4.69) is 13.8 Å². The van der Waals surface area contributed by atoms with Crippen molar-refractivity contribution < 1.29 is 4.79 Å². The molecule has 0 radical (unpaired) electrons. The topological polar surface area (TPSA) is 43.1 Å². The first-order valence-corrected chi connectivity index (χ1v) is 5.30. The fraction of sp³-hybridized carbons (Fsp3) is 0.909. The molecule has 2 aliphatic carbocycles. The number of nitrogens with two attached hydrogens (primary N) is 1. The minimum Gasteiger partial charge on any atom is -0.370 e. The third-order valence-electron chi connectivity index (χ3n) is 4.47. The van der Waals surface area contributed by atoms with Gasteiger partial charge in [-0.15, -0.1) is 0 Å². The number of hydrogen-bond donors (Lipinski definition) is 1. The summed E-state index contributed by atoms with van der Waals surface area (Å²) in [5.74, 6) is 2.07. The number of rotatable bonds is 2. The molecule has 2 saturated carbocycles. The van der Waals surface area contributed by atoms with Crippen LogP contribution in [0, 0.1) is 23.2 Å². The smallest absolute Gasteiger partial charge is 0.217 e. The van der Waals surface area contributed by atoms with Crippen molar-refractivity contribution in [1.82, 2.24) is 0 Å². The highest BCUT2D eigenvalue weighted by Crippen LogP contribution is 2.60. The number of carbonyl (C=O) groups excluding carboxylic acids is 1. The molecule has 0 unspecified atom stereocenters. The summed E-state index contributed by atoms with van der Waals surface area (Å²) in [6.45, 7) is 4.62. The van der Waals surface area contributed by atoms with Gasteiger partial charge in [-0.2, -0.15) is 0 Å². The third kappa shape index (κ3) is 1.27. The van der Waals surface area contributed by atoms with Gasteiger partial charge in [0.25, 0.3) is 0 Å². The number of amides is 1. The average molecular weight is 181 g/mol. The van der Waals surface area contributed by atoms with Gasteiger partial charge in [0.15, 0.2) is 0 Å². The molecule has 13 heavy (non-hydrogen) atoms. The summed E-state index contributed by atoms with van der Waals surface area (Å²) < 4.78 is 0. The monoisotopic (exact) mass is 181 g/mol. The zero-order valence-electron chi connectivity index (χ0n) is 8.55. The summed E-state index contributed by atoms with van der Waals surface area (Å²) in [5, 5.41) is 0. The summed E-state index contributed by atoms with van der Waals surface area (Å²) in [6.07, 6.45) is 4.64. The van der Waals surface area contributed by atoms with Crippen LogP contribution in [0.2, 0.25) is 0 Å². The number of primary amides is 1. The lowest BCUT2D eigenvalue weighted by atomic mass is 9.67. The Morgan fingerprint density at radius 3 is 2.62 bits per heavy atom. The van der Waals surface area contributed by atoms with Crippen LogP contribution in [0.15, 0.2) is 0 Å². The molecule has 2 aliphatic rings. The molecule has 1 amide bonds. The molecule has 0 saturated heterocycles. The molecule has 2 rings (SSSR count). The molecule has 2 nitrogen and oxygen atoms in total. The Kier molecular flexibility index (Phi) is 1.90. The van der Waals surface area contributed by atoms with Gasteiger partial charge in [-0.1, -0.05) is 13.8 Å². The van der Waals surface area contributed by atoms with Crippen molar-refractivity contribution in [1.29, 1.82) is 0 Å². The fourth-order valence-electron chi connectivity index (χ4n) is 3.61. The first kappa shape index (κ1) is 9.04. The van der Waals surface area contributed by atoms with Crippen LogP contribution in [0.5, 0.6) is 0 Å². The van der Waals surface area contributed by atoms with E-state index in [0.29, 0.717) is 17.8 Å². The normalized spacial score (nSPS) is 40.9. The maximum atomic E-state index is 10.9. The van der Waals surface area contributed by atoms with Crippen molar-refractivity contribution in [2.75, 3.05) is 0 Å². The molecule has 0 spiro atoms. The molecule has 0 aromatic heterocycles. The van der Waals surface area contributed by atoms with Gasteiger partial charge >= 0.3 is 0 Å². The highest BCUT2D eigenvalue weighted by atomic mass is 16.1. The van der Waals surface area contributed by atoms with E-state index in [1.54, 1.807) is 0 Å². The second kappa shape index (κ2) is 2.73. The SMILES string of the molecule is CC1(C)[C@@H]2CC[C@H](C2)[C@@H]1CC(N)=O.